The molecule has 1 spiro atoms. The lowest BCUT2D eigenvalue weighted by Gasteiger charge is -2.34. The van der Waals surface area contributed by atoms with Crippen LogP contribution in [0, 0.1) is 17.3 Å². The fourth-order valence-electron chi connectivity index (χ4n) is 5.71. The van der Waals surface area contributed by atoms with Crippen molar-refractivity contribution < 1.29 is 24.1 Å². The monoisotopic (exact) mass is 468 g/mol. The highest BCUT2D eigenvalue weighted by molar-refractivity contribution is 5.69. The lowest BCUT2D eigenvalue weighted by Crippen LogP contribution is -2.37. The molecule has 33 heavy (non-hydrogen) atoms. The minimum Gasteiger partial charge on any atom is -0.466 e. The van der Waals surface area contributed by atoms with Crippen LogP contribution in [0.25, 0.3) is 0 Å². The summed E-state index contributed by atoms with van der Waals surface area (Å²) in [5.74, 6) is 0.556. The summed E-state index contributed by atoms with van der Waals surface area (Å²) >= 11 is 0. The van der Waals surface area contributed by atoms with Crippen LogP contribution in [0.5, 0.6) is 0 Å². The van der Waals surface area contributed by atoms with Gasteiger partial charge in [-0.25, -0.2) is 0 Å². The van der Waals surface area contributed by atoms with Gasteiger partial charge in [0.05, 0.1) is 25.9 Å². The van der Waals surface area contributed by atoms with Gasteiger partial charge in [0.25, 0.3) is 0 Å². The van der Waals surface area contributed by atoms with Crippen LogP contribution in [-0.4, -0.2) is 42.8 Å². The average molecular weight is 469 g/mol. The second-order valence-electron chi connectivity index (χ2n) is 11.1. The number of esters is 1. The highest BCUT2D eigenvalue weighted by Gasteiger charge is 2.52. The van der Waals surface area contributed by atoms with Gasteiger partial charge >= 0.3 is 5.97 Å². The van der Waals surface area contributed by atoms with Crippen molar-refractivity contribution in [3.63, 3.8) is 0 Å². The maximum atomic E-state index is 11.8. The van der Waals surface area contributed by atoms with E-state index in [2.05, 4.69) is 27.7 Å². The quantitative estimate of drug-likeness (QED) is 0.188. The van der Waals surface area contributed by atoms with Crippen LogP contribution in [0.3, 0.4) is 0 Å². The Kier molecular flexibility index (Phi) is 12.7. The third-order valence-electron chi connectivity index (χ3n) is 8.07. The van der Waals surface area contributed by atoms with Crippen LogP contribution in [-0.2, 0) is 19.0 Å². The largest absolute Gasteiger partial charge is 0.466 e. The molecular weight excluding hydrogens is 416 g/mol. The molecule has 194 valence electrons. The molecule has 1 heterocycles. The number of ether oxygens (including phenoxy) is 3. The van der Waals surface area contributed by atoms with Crippen LogP contribution in [0.15, 0.2) is 0 Å². The Morgan fingerprint density at radius 2 is 1.73 bits per heavy atom. The van der Waals surface area contributed by atoms with Gasteiger partial charge in [-0.15, -0.1) is 0 Å². The van der Waals surface area contributed by atoms with E-state index >= 15 is 0 Å². The van der Waals surface area contributed by atoms with Gasteiger partial charge in [0.15, 0.2) is 5.79 Å². The van der Waals surface area contributed by atoms with Crippen molar-refractivity contribution in [2.45, 2.75) is 136 Å². The predicted molar refractivity (Wildman–Crippen MR) is 133 cm³/mol. The van der Waals surface area contributed by atoms with Gasteiger partial charge in [0.2, 0.25) is 0 Å². The molecule has 1 aliphatic carbocycles. The molecule has 0 aromatic rings. The molecule has 1 saturated carbocycles. The second kappa shape index (κ2) is 14.7. The average Bonchev–Trinajstić information content (AvgIpc) is 3.40. The van der Waals surface area contributed by atoms with E-state index in [4.69, 9.17) is 14.2 Å². The van der Waals surface area contributed by atoms with E-state index in [1.165, 1.54) is 12.8 Å². The number of carbonyl (C=O) groups is 1. The maximum absolute atomic E-state index is 11.8. The number of rotatable bonds is 17. The molecule has 0 unspecified atom stereocenters. The molecule has 0 amide bonds. The number of unbranched alkanes of at least 4 members (excludes halogenated alkanes) is 5. The van der Waals surface area contributed by atoms with Crippen LogP contribution in [0.1, 0.15) is 124 Å². The van der Waals surface area contributed by atoms with Gasteiger partial charge in [-0.3, -0.25) is 4.79 Å². The fraction of sp³-hybridized carbons (Fsp3) is 0.964. The van der Waals surface area contributed by atoms with Gasteiger partial charge in [-0.1, -0.05) is 66.2 Å². The Morgan fingerprint density at radius 3 is 2.42 bits per heavy atom. The van der Waals surface area contributed by atoms with Gasteiger partial charge in [0.1, 0.15) is 0 Å². The molecule has 0 bridgehead atoms. The van der Waals surface area contributed by atoms with Gasteiger partial charge < -0.3 is 19.3 Å². The van der Waals surface area contributed by atoms with Crippen LogP contribution in [0.2, 0.25) is 0 Å². The molecule has 1 N–H and O–H groups in total. The summed E-state index contributed by atoms with van der Waals surface area (Å²) in [5, 5.41) is 10.9. The molecule has 2 aliphatic rings. The molecular formula is C28H52O5. The summed E-state index contributed by atoms with van der Waals surface area (Å²) in [6.07, 6.45) is 15.2. The van der Waals surface area contributed by atoms with Crippen molar-refractivity contribution in [1.29, 1.82) is 0 Å². The number of hydrogen-bond donors (Lipinski definition) is 1. The fourth-order valence-corrected chi connectivity index (χ4v) is 5.71. The van der Waals surface area contributed by atoms with Crippen molar-refractivity contribution >= 4 is 5.97 Å². The SMILES string of the molecule is CCCCOC(=O)CCCCCC[C@@H]1[C@@H](CC[C@H](O)C(C)(C)CCCC)CCC12OCCO2. The predicted octanol–water partition coefficient (Wildman–Crippen LogP) is 6.80. The first-order valence-electron chi connectivity index (χ1n) is 14.0. The summed E-state index contributed by atoms with van der Waals surface area (Å²) in [5.41, 5.74) is -0.0140. The van der Waals surface area contributed by atoms with Gasteiger partial charge in [0, 0.05) is 18.8 Å². The standard InChI is InChI=1S/C28H52O5/c1-5-7-18-27(3,4)25(29)16-15-23-17-19-28(32-21-22-33-28)24(23)13-11-9-10-12-14-26(30)31-20-8-6-2/h23-25,29H,5-22H2,1-4H3/t23-,24+,25-/m0/s1. The zero-order valence-electron chi connectivity index (χ0n) is 22.0. The molecule has 0 aromatic carbocycles. The van der Waals surface area contributed by atoms with Crippen LogP contribution in [0.4, 0.5) is 0 Å². The molecule has 2 fully saturated rings. The van der Waals surface area contributed by atoms with Gasteiger partial charge in [-0.05, 0) is 56.3 Å². The van der Waals surface area contributed by atoms with E-state index in [0.717, 1.165) is 77.0 Å². The molecule has 3 atom stereocenters. The smallest absolute Gasteiger partial charge is 0.305 e. The van der Waals surface area contributed by atoms with Crippen molar-refractivity contribution in [2.75, 3.05) is 19.8 Å². The summed E-state index contributed by atoms with van der Waals surface area (Å²) in [7, 11) is 0. The lowest BCUT2D eigenvalue weighted by atomic mass is 9.77. The van der Waals surface area contributed by atoms with E-state index < -0.39 is 0 Å². The number of aliphatic hydroxyl groups is 1. The zero-order valence-corrected chi connectivity index (χ0v) is 22.0. The molecule has 5 heteroatoms. The van der Waals surface area contributed by atoms with Crippen molar-refractivity contribution in [3.05, 3.63) is 0 Å². The highest BCUT2D eigenvalue weighted by Crippen LogP contribution is 2.50. The van der Waals surface area contributed by atoms with Crippen LogP contribution >= 0.6 is 0 Å². The Hall–Kier alpha value is -0.650. The Labute approximate surface area is 203 Å². The molecule has 1 aliphatic heterocycles. The van der Waals surface area contributed by atoms with Crippen molar-refractivity contribution in [2.24, 2.45) is 17.3 Å². The maximum Gasteiger partial charge on any atom is 0.305 e. The first kappa shape index (κ1) is 28.6. The molecule has 2 rings (SSSR count). The molecule has 5 nitrogen and oxygen atoms in total. The number of aliphatic hydroxyl groups excluding tert-OH is 1. The zero-order chi connectivity index (χ0) is 24.2. The third-order valence-corrected chi connectivity index (χ3v) is 8.07. The highest BCUT2D eigenvalue weighted by atomic mass is 16.7. The molecule has 0 aromatic heterocycles. The normalized spacial score (nSPS) is 23.3. The van der Waals surface area contributed by atoms with E-state index in [9.17, 15) is 9.90 Å². The Morgan fingerprint density at radius 1 is 1.03 bits per heavy atom. The van der Waals surface area contributed by atoms with E-state index in [1.54, 1.807) is 0 Å². The summed E-state index contributed by atoms with van der Waals surface area (Å²) in [4.78, 5) is 11.8. The summed E-state index contributed by atoms with van der Waals surface area (Å²) in [6, 6.07) is 0. The Balaban J connectivity index is 1.75. The molecule has 0 radical (unpaired) electrons. The van der Waals surface area contributed by atoms with E-state index in [1.807, 2.05) is 0 Å². The minimum absolute atomic E-state index is 0.0140. The topological polar surface area (TPSA) is 65.0 Å². The first-order chi connectivity index (χ1) is 15.8. The second-order valence-corrected chi connectivity index (χ2v) is 11.1. The first-order valence-corrected chi connectivity index (χ1v) is 14.0. The van der Waals surface area contributed by atoms with Crippen molar-refractivity contribution in [3.8, 4) is 0 Å². The van der Waals surface area contributed by atoms with Crippen LogP contribution < -0.4 is 0 Å². The number of hydrogen-bond acceptors (Lipinski definition) is 5. The van der Waals surface area contributed by atoms with Crippen molar-refractivity contribution in [1.82, 2.24) is 0 Å². The Bertz CT molecular complexity index is 540. The number of carbonyl (C=O) groups excluding carboxylic acids is 1. The van der Waals surface area contributed by atoms with Gasteiger partial charge in [-0.2, -0.15) is 0 Å². The van der Waals surface area contributed by atoms with E-state index in [-0.39, 0.29) is 23.3 Å². The lowest BCUT2D eigenvalue weighted by molar-refractivity contribution is -0.188. The summed E-state index contributed by atoms with van der Waals surface area (Å²) in [6.45, 7) is 10.7. The molecule has 1 saturated heterocycles. The minimum atomic E-state index is -0.379. The van der Waals surface area contributed by atoms with E-state index in [0.29, 0.717) is 38.1 Å². The summed E-state index contributed by atoms with van der Waals surface area (Å²) < 4.78 is 17.6. The third kappa shape index (κ3) is 9.14.